The highest BCUT2D eigenvalue weighted by atomic mass is 35.5. The summed E-state index contributed by atoms with van der Waals surface area (Å²) in [7, 11) is 0. The van der Waals surface area contributed by atoms with E-state index in [1.807, 2.05) is 0 Å². The quantitative estimate of drug-likeness (QED) is 0.845. The predicted molar refractivity (Wildman–Crippen MR) is 88.8 cm³/mol. The van der Waals surface area contributed by atoms with E-state index in [4.69, 9.17) is 5.73 Å². The first-order valence-electron chi connectivity index (χ1n) is 7.62. The van der Waals surface area contributed by atoms with E-state index in [0.717, 1.165) is 25.0 Å². The van der Waals surface area contributed by atoms with Crippen LogP contribution in [0.4, 0.5) is 13.2 Å². The fourth-order valence-electron chi connectivity index (χ4n) is 2.52. The van der Waals surface area contributed by atoms with Crippen LogP contribution in [0.2, 0.25) is 0 Å². The number of rotatable bonds is 5. The van der Waals surface area contributed by atoms with E-state index in [9.17, 15) is 18.0 Å². The molecular formula is C16H18ClF3N4O. The third-order valence-electron chi connectivity index (χ3n) is 4.02. The SMILES string of the molecule is Cl.NCC(NC(=O)c1ccn(-c2cccc(C(F)(F)F)c2)n1)C1CC1. The topological polar surface area (TPSA) is 72.9 Å². The van der Waals surface area contributed by atoms with Crippen molar-refractivity contribution in [2.75, 3.05) is 6.54 Å². The third kappa shape index (κ3) is 4.52. The van der Waals surface area contributed by atoms with Crippen molar-refractivity contribution in [1.29, 1.82) is 0 Å². The summed E-state index contributed by atoms with van der Waals surface area (Å²) in [6.07, 6.45) is -0.886. The Kier molecular flexibility index (Phi) is 5.74. The van der Waals surface area contributed by atoms with Crippen LogP contribution in [-0.4, -0.2) is 28.3 Å². The van der Waals surface area contributed by atoms with Gasteiger partial charge in [0.2, 0.25) is 0 Å². The first kappa shape index (κ1) is 19.3. The number of nitrogens with zero attached hydrogens (tertiary/aromatic N) is 2. The van der Waals surface area contributed by atoms with Crippen LogP contribution < -0.4 is 11.1 Å². The van der Waals surface area contributed by atoms with Crippen LogP contribution in [0.25, 0.3) is 5.69 Å². The number of halogens is 4. The van der Waals surface area contributed by atoms with E-state index >= 15 is 0 Å². The minimum atomic E-state index is -4.43. The van der Waals surface area contributed by atoms with Crippen LogP contribution >= 0.6 is 12.4 Å². The van der Waals surface area contributed by atoms with E-state index in [2.05, 4.69) is 10.4 Å². The highest BCUT2D eigenvalue weighted by Crippen LogP contribution is 2.32. The number of hydrogen-bond acceptors (Lipinski definition) is 3. The first-order chi connectivity index (χ1) is 11.4. The standard InChI is InChI=1S/C16H17F3N4O.ClH/c17-16(18,19)11-2-1-3-12(8-11)23-7-6-13(22-23)15(24)21-14(9-20)10-4-5-10;/h1-3,6-8,10,14H,4-5,9,20H2,(H,21,24);1H. The highest BCUT2D eigenvalue weighted by molar-refractivity contribution is 5.92. The molecule has 1 saturated carbocycles. The maximum absolute atomic E-state index is 12.8. The molecule has 1 fully saturated rings. The Morgan fingerprint density at radius 1 is 1.36 bits per heavy atom. The number of amides is 1. The summed E-state index contributed by atoms with van der Waals surface area (Å²) in [6.45, 7) is 0.352. The van der Waals surface area contributed by atoms with Crippen molar-refractivity contribution in [2.24, 2.45) is 11.7 Å². The van der Waals surface area contributed by atoms with E-state index in [-0.39, 0.29) is 35.7 Å². The van der Waals surface area contributed by atoms with E-state index in [1.165, 1.54) is 29.1 Å². The minimum Gasteiger partial charge on any atom is -0.346 e. The summed E-state index contributed by atoms with van der Waals surface area (Å²) >= 11 is 0. The molecule has 3 N–H and O–H groups in total. The fourth-order valence-corrected chi connectivity index (χ4v) is 2.52. The molecule has 0 aliphatic heterocycles. The molecule has 1 atom stereocenters. The van der Waals surface area contributed by atoms with Gasteiger partial charge in [-0.1, -0.05) is 6.07 Å². The molecule has 2 aromatic rings. The molecule has 1 aromatic heterocycles. The number of nitrogens with two attached hydrogens (primary N) is 1. The molecule has 3 rings (SSSR count). The van der Waals surface area contributed by atoms with Gasteiger partial charge >= 0.3 is 6.18 Å². The van der Waals surface area contributed by atoms with Crippen molar-refractivity contribution < 1.29 is 18.0 Å². The molecule has 136 valence electrons. The maximum Gasteiger partial charge on any atom is 0.416 e. The minimum absolute atomic E-state index is 0. The summed E-state index contributed by atoms with van der Waals surface area (Å²) in [6, 6.07) is 6.16. The number of benzene rings is 1. The van der Waals surface area contributed by atoms with Crippen LogP contribution in [0.15, 0.2) is 36.5 Å². The maximum atomic E-state index is 12.8. The number of hydrogen-bond donors (Lipinski definition) is 2. The molecule has 0 radical (unpaired) electrons. The van der Waals surface area contributed by atoms with Crippen molar-refractivity contribution >= 4 is 18.3 Å². The van der Waals surface area contributed by atoms with Gasteiger partial charge in [-0.3, -0.25) is 4.79 Å². The lowest BCUT2D eigenvalue weighted by Gasteiger charge is -2.14. The molecular weight excluding hydrogens is 357 g/mol. The number of nitrogens with one attached hydrogen (secondary N) is 1. The smallest absolute Gasteiger partial charge is 0.346 e. The van der Waals surface area contributed by atoms with Crippen LogP contribution in [0.1, 0.15) is 28.9 Å². The molecule has 0 spiro atoms. The second-order valence-electron chi connectivity index (χ2n) is 5.85. The molecule has 1 aromatic carbocycles. The predicted octanol–water partition coefficient (Wildman–Crippen LogP) is 2.78. The van der Waals surface area contributed by atoms with E-state index in [0.29, 0.717) is 12.5 Å². The lowest BCUT2D eigenvalue weighted by atomic mass is 10.2. The monoisotopic (exact) mass is 374 g/mol. The first-order valence-corrected chi connectivity index (χ1v) is 7.62. The Labute approximate surface area is 148 Å². The van der Waals surface area contributed by atoms with Crippen molar-refractivity contribution in [3.63, 3.8) is 0 Å². The van der Waals surface area contributed by atoms with Gasteiger partial charge in [0.05, 0.1) is 11.3 Å². The molecule has 0 bridgehead atoms. The lowest BCUT2D eigenvalue weighted by Crippen LogP contribution is -2.41. The van der Waals surface area contributed by atoms with Crippen LogP contribution in [0, 0.1) is 5.92 Å². The number of carbonyl (C=O) groups is 1. The van der Waals surface area contributed by atoms with Gasteiger partial charge in [0.1, 0.15) is 0 Å². The largest absolute Gasteiger partial charge is 0.416 e. The summed E-state index contributed by atoms with van der Waals surface area (Å²) in [4.78, 5) is 12.2. The Bertz CT molecular complexity index is 743. The van der Waals surface area contributed by atoms with Crippen molar-refractivity contribution in [3.05, 3.63) is 47.8 Å². The van der Waals surface area contributed by atoms with Gasteiger partial charge in [0, 0.05) is 18.8 Å². The Hall–Kier alpha value is -2.06. The molecule has 5 nitrogen and oxygen atoms in total. The zero-order valence-corrected chi connectivity index (χ0v) is 14.0. The molecule has 1 unspecified atom stereocenters. The summed E-state index contributed by atoms with van der Waals surface area (Å²) in [5, 5.41) is 6.89. The average molecular weight is 375 g/mol. The highest BCUT2D eigenvalue weighted by Gasteiger charge is 2.32. The average Bonchev–Trinajstić information content (AvgIpc) is 3.27. The summed E-state index contributed by atoms with van der Waals surface area (Å²) in [5.74, 6) is 0.0348. The molecule has 0 saturated heterocycles. The zero-order valence-electron chi connectivity index (χ0n) is 13.2. The fraction of sp³-hybridized carbons (Fsp3) is 0.375. The Morgan fingerprint density at radius 3 is 2.68 bits per heavy atom. The third-order valence-corrected chi connectivity index (χ3v) is 4.02. The van der Waals surface area contributed by atoms with Crippen molar-refractivity contribution in [3.8, 4) is 5.69 Å². The summed E-state index contributed by atoms with van der Waals surface area (Å²) < 4.78 is 39.6. The second-order valence-corrected chi connectivity index (χ2v) is 5.85. The Morgan fingerprint density at radius 2 is 2.08 bits per heavy atom. The van der Waals surface area contributed by atoms with Crippen molar-refractivity contribution in [2.45, 2.75) is 25.1 Å². The molecule has 1 aliphatic rings. The van der Waals surface area contributed by atoms with Gasteiger partial charge in [0.15, 0.2) is 5.69 Å². The van der Waals surface area contributed by atoms with Crippen molar-refractivity contribution in [1.82, 2.24) is 15.1 Å². The van der Waals surface area contributed by atoms with Gasteiger partial charge in [-0.2, -0.15) is 18.3 Å². The molecule has 1 aliphatic carbocycles. The molecule has 1 amide bonds. The molecule has 1 heterocycles. The van der Waals surface area contributed by atoms with E-state index < -0.39 is 11.7 Å². The molecule has 25 heavy (non-hydrogen) atoms. The second kappa shape index (κ2) is 7.45. The van der Waals surface area contributed by atoms with Crippen LogP contribution in [0.3, 0.4) is 0 Å². The van der Waals surface area contributed by atoms with Crippen LogP contribution in [-0.2, 0) is 6.18 Å². The Balaban J connectivity index is 0.00000225. The number of alkyl halides is 3. The zero-order chi connectivity index (χ0) is 17.3. The van der Waals surface area contributed by atoms with Gasteiger partial charge < -0.3 is 11.1 Å². The number of carbonyl (C=O) groups excluding carboxylic acids is 1. The van der Waals surface area contributed by atoms with Crippen LogP contribution in [0.5, 0.6) is 0 Å². The van der Waals surface area contributed by atoms with E-state index in [1.54, 1.807) is 0 Å². The van der Waals surface area contributed by atoms with Gasteiger partial charge in [-0.05, 0) is 43.0 Å². The van der Waals surface area contributed by atoms with Gasteiger partial charge in [-0.15, -0.1) is 12.4 Å². The number of aromatic nitrogens is 2. The normalized spacial score (nSPS) is 15.4. The molecule has 9 heteroatoms. The van der Waals surface area contributed by atoms with Gasteiger partial charge in [-0.25, -0.2) is 4.68 Å². The summed E-state index contributed by atoms with van der Waals surface area (Å²) in [5.41, 5.74) is 5.26. The lowest BCUT2D eigenvalue weighted by molar-refractivity contribution is -0.137. The van der Waals surface area contributed by atoms with Gasteiger partial charge in [0.25, 0.3) is 5.91 Å².